The third kappa shape index (κ3) is 4.16. The highest BCUT2D eigenvalue weighted by Crippen LogP contribution is 2.41. The summed E-state index contributed by atoms with van der Waals surface area (Å²) in [4.78, 5) is 0. The van der Waals surface area contributed by atoms with Crippen molar-refractivity contribution in [3.63, 3.8) is 0 Å². The van der Waals surface area contributed by atoms with Crippen LogP contribution in [-0.4, -0.2) is 12.5 Å². The van der Waals surface area contributed by atoms with Gasteiger partial charge in [0.1, 0.15) is 0 Å². The summed E-state index contributed by atoms with van der Waals surface area (Å²) < 4.78 is 26.6. The molecule has 0 radical (unpaired) electrons. The van der Waals surface area contributed by atoms with Crippen molar-refractivity contribution < 1.29 is 8.78 Å². The molecule has 1 N–H and O–H groups in total. The summed E-state index contributed by atoms with van der Waals surface area (Å²) in [5.74, 6) is -2.19. The molecule has 0 aromatic heterocycles. The molecule has 112 valence electrons. The van der Waals surface area contributed by atoms with Gasteiger partial charge in [-0.25, -0.2) is 8.78 Å². The van der Waals surface area contributed by atoms with Gasteiger partial charge in [-0.1, -0.05) is 30.7 Å². The fraction of sp³-hybridized carbons (Fsp3) is 0.625. The van der Waals surface area contributed by atoms with Crippen molar-refractivity contribution >= 4 is 11.6 Å². The molecule has 0 saturated heterocycles. The van der Waals surface area contributed by atoms with E-state index in [4.69, 9.17) is 11.6 Å². The predicted molar refractivity (Wildman–Crippen MR) is 79.4 cm³/mol. The Bertz CT molecular complexity index is 409. The maximum atomic E-state index is 13.3. The highest BCUT2D eigenvalue weighted by atomic mass is 35.5. The van der Waals surface area contributed by atoms with Crippen molar-refractivity contribution in [2.75, 3.05) is 6.54 Å². The summed E-state index contributed by atoms with van der Waals surface area (Å²) in [6.07, 6.45) is 2.21. The van der Waals surface area contributed by atoms with Crippen LogP contribution < -0.4 is 5.32 Å². The van der Waals surface area contributed by atoms with Crippen LogP contribution in [-0.2, 0) is 0 Å². The number of halogens is 3. The first-order valence-corrected chi connectivity index (χ1v) is 7.76. The average Bonchev–Trinajstić information content (AvgIpc) is 2.42. The molecule has 0 bridgehead atoms. The quantitative estimate of drug-likeness (QED) is 0.787. The predicted octanol–water partition coefficient (Wildman–Crippen LogP) is 5.21. The van der Waals surface area contributed by atoms with Crippen LogP contribution in [0.1, 0.15) is 50.6 Å². The summed E-state index contributed by atoms with van der Waals surface area (Å²) in [7, 11) is 0. The number of alkyl halides is 2. The van der Waals surface area contributed by atoms with E-state index < -0.39 is 5.92 Å². The molecule has 1 atom stereocenters. The number of benzene rings is 1. The molecule has 20 heavy (non-hydrogen) atoms. The van der Waals surface area contributed by atoms with Gasteiger partial charge in [0.25, 0.3) is 0 Å². The molecule has 0 spiro atoms. The molecule has 1 unspecified atom stereocenters. The molecule has 1 aliphatic carbocycles. The van der Waals surface area contributed by atoms with Crippen molar-refractivity contribution in [1.82, 2.24) is 5.32 Å². The van der Waals surface area contributed by atoms with E-state index in [1.54, 1.807) is 0 Å². The van der Waals surface area contributed by atoms with Gasteiger partial charge in [0, 0.05) is 23.9 Å². The smallest absolute Gasteiger partial charge is 0.248 e. The number of hydrogen-bond donors (Lipinski definition) is 1. The molecule has 4 heteroatoms. The highest BCUT2D eigenvalue weighted by molar-refractivity contribution is 6.30. The average molecular weight is 302 g/mol. The van der Waals surface area contributed by atoms with E-state index in [1.165, 1.54) is 0 Å². The normalized spacial score (nSPS) is 20.8. The van der Waals surface area contributed by atoms with E-state index in [0.717, 1.165) is 18.5 Å². The van der Waals surface area contributed by atoms with Gasteiger partial charge in [-0.15, -0.1) is 0 Å². The lowest BCUT2D eigenvalue weighted by Gasteiger charge is -2.34. The third-order valence-electron chi connectivity index (χ3n) is 4.08. The number of hydrogen-bond acceptors (Lipinski definition) is 1. The van der Waals surface area contributed by atoms with Gasteiger partial charge in [0.2, 0.25) is 5.92 Å². The summed E-state index contributed by atoms with van der Waals surface area (Å²) >= 11 is 5.92. The summed E-state index contributed by atoms with van der Waals surface area (Å²) in [6, 6.07) is 7.90. The lowest BCUT2D eigenvalue weighted by Crippen LogP contribution is -2.34. The van der Waals surface area contributed by atoms with E-state index in [-0.39, 0.29) is 24.8 Å². The van der Waals surface area contributed by atoms with E-state index >= 15 is 0 Å². The standard InChI is InChI=1S/C16H22ClF2N/c1-2-11-20-15(12-3-5-14(17)6-4-12)13-7-9-16(18,19)10-8-13/h3-6,13,15,20H,2,7-11H2,1H3. The van der Waals surface area contributed by atoms with Crippen LogP contribution in [0.25, 0.3) is 0 Å². The Labute approximate surface area is 124 Å². The highest BCUT2D eigenvalue weighted by Gasteiger charge is 2.37. The summed E-state index contributed by atoms with van der Waals surface area (Å²) in [5, 5.41) is 4.22. The molecular formula is C16H22ClF2N. The maximum Gasteiger partial charge on any atom is 0.248 e. The van der Waals surface area contributed by atoms with Crippen LogP contribution in [0, 0.1) is 5.92 Å². The second-order valence-corrected chi connectivity index (χ2v) is 6.11. The molecule has 1 fully saturated rings. The van der Waals surface area contributed by atoms with Gasteiger partial charge in [-0.2, -0.15) is 0 Å². The van der Waals surface area contributed by atoms with E-state index in [0.29, 0.717) is 17.9 Å². The Morgan fingerprint density at radius 1 is 1.25 bits per heavy atom. The van der Waals surface area contributed by atoms with E-state index in [2.05, 4.69) is 12.2 Å². The maximum absolute atomic E-state index is 13.3. The van der Waals surface area contributed by atoms with Crippen LogP contribution in [0.5, 0.6) is 0 Å². The Balaban J connectivity index is 2.09. The first kappa shape index (κ1) is 15.7. The van der Waals surface area contributed by atoms with Gasteiger partial charge in [-0.05, 0) is 49.4 Å². The summed E-state index contributed by atoms with van der Waals surface area (Å²) in [5.41, 5.74) is 1.15. The Morgan fingerprint density at radius 3 is 2.40 bits per heavy atom. The molecule has 1 aromatic rings. The second-order valence-electron chi connectivity index (χ2n) is 5.68. The monoisotopic (exact) mass is 301 g/mol. The Morgan fingerprint density at radius 2 is 1.85 bits per heavy atom. The first-order chi connectivity index (χ1) is 9.52. The minimum atomic E-state index is -2.47. The van der Waals surface area contributed by atoms with Crippen LogP contribution in [0.15, 0.2) is 24.3 Å². The molecule has 0 amide bonds. The van der Waals surface area contributed by atoms with Gasteiger partial charge in [0.15, 0.2) is 0 Å². The van der Waals surface area contributed by atoms with Crippen LogP contribution in [0.4, 0.5) is 8.78 Å². The Kier molecular flexibility index (Phi) is 5.39. The van der Waals surface area contributed by atoms with Crippen LogP contribution in [0.3, 0.4) is 0 Å². The van der Waals surface area contributed by atoms with E-state index in [9.17, 15) is 8.78 Å². The van der Waals surface area contributed by atoms with E-state index in [1.807, 2.05) is 24.3 Å². The lowest BCUT2D eigenvalue weighted by molar-refractivity contribution is -0.0497. The molecule has 0 aliphatic heterocycles. The molecular weight excluding hydrogens is 280 g/mol. The second kappa shape index (κ2) is 6.86. The zero-order valence-corrected chi connectivity index (χ0v) is 12.6. The molecule has 1 saturated carbocycles. The van der Waals surface area contributed by atoms with Crippen molar-refractivity contribution in [3.05, 3.63) is 34.9 Å². The molecule has 0 heterocycles. The van der Waals surface area contributed by atoms with Crippen molar-refractivity contribution in [2.45, 2.75) is 51.0 Å². The number of nitrogens with one attached hydrogen (secondary N) is 1. The van der Waals surface area contributed by atoms with Crippen molar-refractivity contribution in [1.29, 1.82) is 0 Å². The minimum absolute atomic E-state index is 0.00949. The Hall–Kier alpha value is -0.670. The zero-order valence-electron chi connectivity index (χ0n) is 11.8. The fourth-order valence-electron chi connectivity index (χ4n) is 2.92. The molecule has 1 aliphatic rings. The topological polar surface area (TPSA) is 12.0 Å². The lowest BCUT2D eigenvalue weighted by atomic mass is 9.79. The van der Waals surface area contributed by atoms with Gasteiger partial charge in [0.05, 0.1) is 0 Å². The van der Waals surface area contributed by atoms with Crippen LogP contribution in [0.2, 0.25) is 5.02 Å². The molecule has 1 aromatic carbocycles. The fourth-order valence-corrected chi connectivity index (χ4v) is 3.05. The largest absolute Gasteiger partial charge is 0.310 e. The molecule has 2 rings (SSSR count). The number of rotatable bonds is 5. The van der Waals surface area contributed by atoms with Gasteiger partial charge in [-0.3, -0.25) is 0 Å². The minimum Gasteiger partial charge on any atom is -0.310 e. The summed E-state index contributed by atoms with van der Waals surface area (Å²) in [6.45, 7) is 3.02. The van der Waals surface area contributed by atoms with Crippen molar-refractivity contribution in [3.8, 4) is 0 Å². The third-order valence-corrected chi connectivity index (χ3v) is 4.33. The van der Waals surface area contributed by atoms with Gasteiger partial charge >= 0.3 is 0 Å². The zero-order chi connectivity index (χ0) is 14.6. The first-order valence-electron chi connectivity index (χ1n) is 7.38. The van der Waals surface area contributed by atoms with Crippen molar-refractivity contribution in [2.24, 2.45) is 5.92 Å². The SMILES string of the molecule is CCCNC(c1ccc(Cl)cc1)C1CCC(F)(F)CC1. The van der Waals surface area contributed by atoms with Gasteiger partial charge < -0.3 is 5.32 Å². The van der Waals surface area contributed by atoms with Crippen LogP contribution >= 0.6 is 11.6 Å². The molecule has 1 nitrogen and oxygen atoms in total.